The molecule has 14 atom stereocenters. The third-order valence-corrected chi connectivity index (χ3v) is 14.2. The minimum absolute atomic E-state index is 0.0428. The van der Waals surface area contributed by atoms with Gasteiger partial charge in [-0.15, -0.1) is 0 Å². The highest BCUT2D eigenvalue weighted by Crippen LogP contribution is 2.45. The molecule has 420 valence electrons. The van der Waals surface area contributed by atoms with Crippen molar-refractivity contribution in [3.63, 3.8) is 0 Å². The fourth-order valence-corrected chi connectivity index (χ4v) is 9.56. The zero-order chi connectivity index (χ0) is 56.4. The van der Waals surface area contributed by atoms with Gasteiger partial charge in [0.1, 0.15) is 46.7 Å². The van der Waals surface area contributed by atoms with Crippen molar-refractivity contribution in [2.45, 2.75) is 194 Å². The number of aliphatic hydroxyl groups excluding tert-OH is 5. The zero-order valence-corrected chi connectivity index (χ0v) is 46.6. The van der Waals surface area contributed by atoms with Crippen LogP contribution >= 0.6 is 23.2 Å². The number of hydrogen-bond acceptors (Lipinski definition) is 18. The summed E-state index contributed by atoms with van der Waals surface area (Å²) in [6, 6.07) is 0. The fraction of sp³-hybridized carbons (Fsp3) is 0.618. The number of hydrogen-bond donors (Lipinski definition) is 7. The molecule has 0 spiro atoms. The molecule has 3 aliphatic rings. The van der Waals surface area contributed by atoms with Crippen LogP contribution in [0.3, 0.4) is 0 Å². The molecule has 0 aromatic heterocycles. The minimum atomic E-state index is -1.60. The molecule has 0 amide bonds. The van der Waals surface area contributed by atoms with E-state index in [4.69, 9.17) is 61.1 Å². The molecular formula is C55H78Cl2O18. The Morgan fingerprint density at radius 2 is 1.53 bits per heavy atom. The summed E-state index contributed by atoms with van der Waals surface area (Å²) in [4.78, 5) is 40.1. The van der Waals surface area contributed by atoms with Gasteiger partial charge in [-0.1, -0.05) is 98.5 Å². The minimum Gasteiger partial charge on any atom is -0.505 e. The fourth-order valence-electron chi connectivity index (χ4n) is 9.00. The third-order valence-electron chi connectivity index (χ3n) is 13.4. The predicted molar refractivity (Wildman–Crippen MR) is 279 cm³/mol. The van der Waals surface area contributed by atoms with Crippen molar-refractivity contribution < 1.29 is 88.0 Å². The van der Waals surface area contributed by atoms with Gasteiger partial charge in [-0.25, -0.2) is 9.59 Å². The summed E-state index contributed by atoms with van der Waals surface area (Å²) in [5.41, 5.74) is 1.23. The molecule has 2 saturated heterocycles. The maximum Gasteiger partial charge on any atom is 0.342 e. The number of allylic oxidation sites excluding steroid dienone is 6. The average Bonchev–Trinajstić information content (AvgIpc) is 3.34. The van der Waals surface area contributed by atoms with Crippen molar-refractivity contribution in [2.75, 3.05) is 13.7 Å². The first-order valence-corrected chi connectivity index (χ1v) is 26.0. The smallest absolute Gasteiger partial charge is 0.342 e. The van der Waals surface area contributed by atoms with Gasteiger partial charge >= 0.3 is 17.9 Å². The Morgan fingerprint density at radius 1 is 0.867 bits per heavy atom. The maximum absolute atomic E-state index is 14.0. The van der Waals surface area contributed by atoms with Crippen LogP contribution in [0.25, 0.3) is 0 Å². The Labute approximate surface area is 450 Å². The first kappa shape index (κ1) is 63.4. The van der Waals surface area contributed by atoms with E-state index in [0.717, 1.165) is 16.7 Å². The van der Waals surface area contributed by atoms with Crippen molar-refractivity contribution in [3.8, 4) is 11.5 Å². The highest BCUT2D eigenvalue weighted by molar-refractivity contribution is 6.39. The summed E-state index contributed by atoms with van der Waals surface area (Å²) in [5.74, 6) is -4.77. The van der Waals surface area contributed by atoms with E-state index in [1.165, 1.54) is 33.1 Å². The standard InChI is InChI=1S/C55H78Cl2O18/c1-14-33-24-29(7)36(59)19-17-16-18-34(25-69-54-48(68-13)45(64)47(32(10)70-54)72-52(67)38-35(15-2)39(56)42(61)40(57)41(38)60)51(66)71-37(31(9)58)21-20-27(5)22-28(6)23-30(8)46(33)73-53-44(63)43(62)49(55(11,12)75-53)74-50(65)26(3)4/h16-18,20,22-24,26,31-33,36-37,43-49,53-54,58-64H,14-15,19,21,25H2,1-13H3/b17-16+,27-20+,28-22+,29-24+,30-23+,34-18+/t31-,32-,33+,36+,37+,43-,44+,45+,46+,47-,48+,49+,53-,54-/m1/s1. The quantitative estimate of drug-likeness (QED) is 0.0586. The van der Waals surface area contributed by atoms with Crippen LogP contribution in [0.5, 0.6) is 11.5 Å². The number of rotatable bonds is 13. The van der Waals surface area contributed by atoms with Crippen LogP contribution in [-0.4, -0.2) is 153 Å². The van der Waals surface area contributed by atoms with Crippen LogP contribution in [0.4, 0.5) is 0 Å². The number of benzene rings is 1. The summed E-state index contributed by atoms with van der Waals surface area (Å²) in [6.07, 6.45) is -3.36. The number of methoxy groups -OCH3 is 1. The van der Waals surface area contributed by atoms with E-state index in [1.807, 2.05) is 52.0 Å². The molecule has 0 bridgehead atoms. The van der Waals surface area contributed by atoms with E-state index in [9.17, 15) is 50.1 Å². The number of ether oxygens (including phenoxy) is 8. The number of phenolic OH excluding ortho intramolecular Hbond substituents is 2. The van der Waals surface area contributed by atoms with Crippen LogP contribution < -0.4 is 0 Å². The number of esters is 3. The lowest BCUT2D eigenvalue weighted by atomic mass is 9.88. The van der Waals surface area contributed by atoms with E-state index in [2.05, 4.69) is 0 Å². The molecule has 75 heavy (non-hydrogen) atoms. The lowest BCUT2D eigenvalue weighted by Gasteiger charge is -2.47. The van der Waals surface area contributed by atoms with E-state index in [0.29, 0.717) is 12.0 Å². The molecule has 1 aromatic rings. The Bertz CT molecular complexity index is 2350. The molecule has 4 rings (SSSR count). The number of aliphatic hydroxyl groups is 5. The first-order valence-electron chi connectivity index (χ1n) is 25.2. The van der Waals surface area contributed by atoms with Crippen LogP contribution in [0.15, 0.2) is 70.4 Å². The van der Waals surface area contributed by atoms with Crippen LogP contribution in [0, 0.1) is 11.8 Å². The second-order valence-electron chi connectivity index (χ2n) is 20.3. The average molecular weight is 1100 g/mol. The molecule has 0 aliphatic carbocycles. The van der Waals surface area contributed by atoms with Crippen LogP contribution in [0.1, 0.15) is 118 Å². The number of aromatic hydroxyl groups is 2. The van der Waals surface area contributed by atoms with E-state index < -0.39 is 144 Å². The molecule has 3 heterocycles. The van der Waals surface area contributed by atoms with Gasteiger partial charge in [0, 0.05) is 19.4 Å². The summed E-state index contributed by atoms with van der Waals surface area (Å²) in [6.45, 7) is 20.1. The normalized spacial score (nSPS) is 34.9. The SMILES string of the molecule is CCc1c(Cl)c(O)c(Cl)c(O)c1C(=O)O[C@H]1[C@H](O)[C@H](OC)[C@H](OC/C2=C\C=C\C[C@H](O)/C(C)=C/[C@H](CC)[C@@H](O[C@@H]3OC(C)(C)[C@@H](OC(=O)C(C)C)[C@H](O)[C@@H]3O)/C(C)=C/C(C)=C/C(C)=C/C[C@@H]([C@@H](C)O)OC2=O)O[C@@H]1C. The second-order valence-corrected chi connectivity index (χ2v) is 21.0. The third kappa shape index (κ3) is 16.0. The number of phenols is 2. The first-order chi connectivity index (χ1) is 35.1. The number of carbonyl (C=O) groups is 3. The molecule has 7 N–H and O–H groups in total. The monoisotopic (exact) mass is 1100 g/mol. The molecule has 0 saturated carbocycles. The highest BCUT2D eigenvalue weighted by atomic mass is 35.5. The van der Waals surface area contributed by atoms with Gasteiger partial charge < -0.3 is 73.6 Å². The van der Waals surface area contributed by atoms with E-state index in [1.54, 1.807) is 47.6 Å². The highest BCUT2D eigenvalue weighted by Gasteiger charge is 2.53. The lowest BCUT2D eigenvalue weighted by Crippen LogP contribution is -2.64. The summed E-state index contributed by atoms with van der Waals surface area (Å²) < 4.78 is 47.7. The number of cyclic esters (lactones) is 1. The van der Waals surface area contributed by atoms with Crippen molar-refractivity contribution in [1.29, 1.82) is 0 Å². The van der Waals surface area contributed by atoms with Gasteiger partial charge in [-0.2, -0.15) is 0 Å². The Hall–Kier alpha value is -4.15. The largest absolute Gasteiger partial charge is 0.505 e. The molecule has 3 aliphatic heterocycles. The van der Waals surface area contributed by atoms with Crippen LogP contribution in [-0.2, 0) is 53.9 Å². The molecule has 0 radical (unpaired) electrons. The summed E-state index contributed by atoms with van der Waals surface area (Å²) in [5, 5.41) is 76.7. The maximum atomic E-state index is 14.0. The zero-order valence-electron chi connectivity index (χ0n) is 45.1. The van der Waals surface area contributed by atoms with E-state index >= 15 is 0 Å². The molecule has 0 unspecified atom stereocenters. The van der Waals surface area contributed by atoms with Gasteiger partial charge in [0.25, 0.3) is 0 Å². The molecule has 2 fully saturated rings. The second kappa shape index (κ2) is 27.9. The predicted octanol–water partition coefficient (Wildman–Crippen LogP) is 7.18. The summed E-state index contributed by atoms with van der Waals surface area (Å²) in [7, 11) is 1.26. The van der Waals surface area contributed by atoms with Gasteiger partial charge in [0.05, 0.1) is 47.5 Å². The topological polar surface area (TPSA) is 267 Å². The van der Waals surface area contributed by atoms with Gasteiger partial charge in [0.2, 0.25) is 0 Å². The number of carbonyl (C=O) groups excluding carboxylic acids is 3. The Kier molecular flexibility index (Phi) is 23.6. The van der Waals surface area contributed by atoms with E-state index in [-0.39, 0.29) is 35.4 Å². The number of halogens is 2. The van der Waals surface area contributed by atoms with Gasteiger partial charge in [0.15, 0.2) is 36.3 Å². The lowest BCUT2D eigenvalue weighted by molar-refractivity contribution is -0.333. The summed E-state index contributed by atoms with van der Waals surface area (Å²) >= 11 is 12.3. The van der Waals surface area contributed by atoms with Crippen molar-refractivity contribution in [1.82, 2.24) is 0 Å². The Balaban J connectivity index is 1.65. The molecule has 1 aromatic carbocycles. The molecular weight excluding hydrogens is 1020 g/mol. The van der Waals surface area contributed by atoms with Crippen molar-refractivity contribution in [3.05, 3.63) is 91.6 Å². The van der Waals surface area contributed by atoms with Crippen molar-refractivity contribution in [2.24, 2.45) is 11.8 Å². The molecule has 18 nitrogen and oxygen atoms in total. The van der Waals surface area contributed by atoms with Gasteiger partial charge in [-0.3, -0.25) is 4.79 Å². The van der Waals surface area contributed by atoms with Crippen LogP contribution in [0.2, 0.25) is 10.0 Å². The van der Waals surface area contributed by atoms with Gasteiger partial charge in [-0.05, 0) is 97.4 Å². The van der Waals surface area contributed by atoms with Crippen molar-refractivity contribution >= 4 is 41.1 Å². The molecule has 20 heteroatoms. The Morgan fingerprint density at radius 3 is 2.13 bits per heavy atom.